The number of hydrogen-bond donors (Lipinski definition) is 2. The molecule has 10 heavy (non-hydrogen) atoms. The Labute approximate surface area is 63.4 Å². The normalized spacial score (nSPS) is 14.1. The van der Waals surface area contributed by atoms with Crippen molar-refractivity contribution < 1.29 is 5.11 Å². The zero-order chi connectivity index (χ0) is 7.98. The Bertz CT molecular complexity index is 73.7. The average molecular weight is 145 g/mol. The fourth-order valence-corrected chi connectivity index (χ4v) is 0.858. The van der Waals surface area contributed by atoms with Crippen molar-refractivity contribution in [3.8, 4) is 0 Å². The minimum atomic E-state index is 0.201. The summed E-state index contributed by atoms with van der Waals surface area (Å²) in [5, 5.41) is 8.52. The van der Waals surface area contributed by atoms with Gasteiger partial charge in [0.05, 0.1) is 0 Å². The molecule has 2 nitrogen and oxygen atoms in total. The van der Waals surface area contributed by atoms with Crippen molar-refractivity contribution in [2.75, 3.05) is 6.61 Å². The minimum Gasteiger partial charge on any atom is -0.396 e. The SMILES string of the molecule is CC(C)CCC(N)CCO. The molecule has 0 saturated heterocycles. The maximum atomic E-state index is 8.52. The number of nitrogens with two attached hydrogens (primary N) is 1. The molecule has 3 N–H and O–H groups in total. The summed E-state index contributed by atoms with van der Waals surface area (Å²) in [7, 11) is 0. The molecule has 0 rings (SSSR count). The van der Waals surface area contributed by atoms with E-state index in [4.69, 9.17) is 10.8 Å². The fraction of sp³-hybridized carbons (Fsp3) is 1.00. The highest BCUT2D eigenvalue weighted by Crippen LogP contribution is 2.06. The predicted molar refractivity (Wildman–Crippen MR) is 43.8 cm³/mol. The Hall–Kier alpha value is -0.0800. The number of hydrogen-bond acceptors (Lipinski definition) is 2. The van der Waals surface area contributed by atoms with Gasteiger partial charge in [0.15, 0.2) is 0 Å². The number of rotatable bonds is 5. The summed E-state index contributed by atoms with van der Waals surface area (Å²) in [5.41, 5.74) is 5.67. The first-order valence-electron chi connectivity index (χ1n) is 4.03. The first-order valence-corrected chi connectivity index (χ1v) is 4.03. The van der Waals surface area contributed by atoms with Crippen LogP contribution in [0.2, 0.25) is 0 Å². The molecule has 0 aliphatic rings. The van der Waals surface area contributed by atoms with E-state index < -0.39 is 0 Å². The molecule has 0 saturated carbocycles. The average Bonchev–Trinajstić information content (AvgIpc) is 1.85. The van der Waals surface area contributed by atoms with Crippen LogP contribution < -0.4 is 5.73 Å². The second-order valence-electron chi connectivity index (χ2n) is 3.24. The highest BCUT2D eigenvalue weighted by molar-refractivity contribution is 4.61. The molecule has 62 valence electrons. The first-order chi connectivity index (χ1) is 4.66. The molecule has 2 heteroatoms. The van der Waals surface area contributed by atoms with Crippen molar-refractivity contribution in [3.05, 3.63) is 0 Å². The van der Waals surface area contributed by atoms with Crippen LogP contribution in [-0.2, 0) is 0 Å². The van der Waals surface area contributed by atoms with Gasteiger partial charge in [0.1, 0.15) is 0 Å². The van der Waals surface area contributed by atoms with Crippen LogP contribution in [-0.4, -0.2) is 17.8 Å². The molecule has 0 spiro atoms. The van der Waals surface area contributed by atoms with Crippen LogP contribution in [0.3, 0.4) is 0 Å². The molecule has 1 atom stereocenters. The summed E-state index contributed by atoms with van der Waals surface area (Å²) in [6.07, 6.45) is 2.95. The molecule has 0 aliphatic carbocycles. The highest BCUT2D eigenvalue weighted by Gasteiger charge is 2.02. The molecule has 0 radical (unpaired) electrons. The van der Waals surface area contributed by atoms with Crippen LogP contribution in [0.5, 0.6) is 0 Å². The van der Waals surface area contributed by atoms with Gasteiger partial charge in [-0.3, -0.25) is 0 Å². The van der Waals surface area contributed by atoms with Gasteiger partial charge in [-0.1, -0.05) is 13.8 Å². The van der Waals surface area contributed by atoms with Crippen molar-refractivity contribution in [1.29, 1.82) is 0 Å². The van der Waals surface area contributed by atoms with E-state index in [2.05, 4.69) is 13.8 Å². The van der Waals surface area contributed by atoms with E-state index in [1.54, 1.807) is 0 Å². The van der Waals surface area contributed by atoms with Gasteiger partial charge in [-0.2, -0.15) is 0 Å². The van der Waals surface area contributed by atoms with E-state index >= 15 is 0 Å². The molecule has 0 aliphatic heterocycles. The van der Waals surface area contributed by atoms with E-state index in [9.17, 15) is 0 Å². The Balaban J connectivity index is 3.12. The van der Waals surface area contributed by atoms with E-state index in [-0.39, 0.29) is 12.6 Å². The maximum absolute atomic E-state index is 8.52. The Morgan fingerprint density at radius 2 is 1.80 bits per heavy atom. The zero-order valence-electron chi connectivity index (χ0n) is 7.01. The lowest BCUT2D eigenvalue weighted by atomic mass is 10.0. The quantitative estimate of drug-likeness (QED) is 0.609. The number of aliphatic hydroxyl groups is 1. The molecule has 0 aromatic heterocycles. The van der Waals surface area contributed by atoms with Crippen LogP contribution in [0.1, 0.15) is 33.1 Å². The lowest BCUT2D eigenvalue weighted by molar-refractivity contribution is 0.270. The fourth-order valence-electron chi connectivity index (χ4n) is 0.858. The van der Waals surface area contributed by atoms with Gasteiger partial charge in [-0.15, -0.1) is 0 Å². The topological polar surface area (TPSA) is 46.2 Å². The van der Waals surface area contributed by atoms with Crippen LogP contribution in [0, 0.1) is 5.92 Å². The van der Waals surface area contributed by atoms with Gasteiger partial charge in [-0.05, 0) is 25.2 Å². The lowest BCUT2D eigenvalue weighted by Gasteiger charge is -2.10. The van der Waals surface area contributed by atoms with Gasteiger partial charge in [0, 0.05) is 12.6 Å². The predicted octanol–water partition coefficient (Wildman–Crippen LogP) is 1.13. The third kappa shape index (κ3) is 6.05. The number of aliphatic hydroxyl groups excluding tert-OH is 1. The van der Waals surface area contributed by atoms with Crippen LogP contribution in [0.4, 0.5) is 0 Å². The first kappa shape index (κ1) is 9.92. The molecule has 1 unspecified atom stereocenters. The van der Waals surface area contributed by atoms with Gasteiger partial charge in [0.25, 0.3) is 0 Å². The zero-order valence-corrected chi connectivity index (χ0v) is 7.01. The van der Waals surface area contributed by atoms with Gasteiger partial charge >= 0.3 is 0 Å². The van der Waals surface area contributed by atoms with Crippen molar-refractivity contribution >= 4 is 0 Å². The van der Waals surface area contributed by atoms with E-state index in [1.807, 2.05) is 0 Å². The molecule has 0 aromatic carbocycles. The molecular weight excluding hydrogens is 126 g/mol. The monoisotopic (exact) mass is 145 g/mol. The van der Waals surface area contributed by atoms with E-state index in [1.165, 1.54) is 6.42 Å². The molecule has 0 heterocycles. The summed E-state index contributed by atoms with van der Waals surface area (Å²) in [6.45, 7) is 4.59. The summed E-state index contributed by atoms with van der Waals surface area (Å²) < 4.78 is 0. The summed E-state index contributed by atoms with van der Waals surface area (Å²) in [5.74, 6) is 0.727. The smallest absolute Gasteiger partial charge is 0.0445 e. The third-order valence-electron chi connectivity index (χ3n) is 1.61. The molecule has 0 aromatic rings. The third-order valence-corrected chi connectivity index (χ3v) is 1.61. The minimum absolute atomic E-state index is 0.201. The van der Waals surface area contributed by atoms with Crippen molar-refractivity contribution in [3.63, 3.8) is 0 Å². The van der Waals surface area contributed by atoms with Crippen LogP contribution >= 0.6 is 0 Å². The van der Waals surface area contributed by atoms with Gasteiger partial charge < -0.3 is 10.8 Å². The summed E-state index contributed by atoms with van der Waals surface area (Å²) in [4.78, 5) is 0. The van der Waals surface area contributed by atoms with Crippen molar-refractivity contribution in [1.82, 2.24) is 0 Å². The largest absolute Gasteiger partial charge is 0.396 e. The second kappa shape index (κ2) is 5.69. The van der Waals surface area contributed by atoms with E-state index in [0.717, 1.165) is 18.8 Å². The highest BCUT2D eigenvalue weighted by atomic mass is 16.3. The maximum Gasteiger partial charge on any atom is 0.0445 e. The van der Waals surface area contributed by atoms with Crippen molar-refractivity contribution in [2.24, 2.45) is 11.7 Å². The van der Waals surface area contributed by atoms with E-state index in [0.29, 0.717) is 0 Å². The molecule has 0 bridgehead atoms. The standard InChI is InChI=1S/C8H19NO/c1-7(2)3-4-8(9)5-6-10/h7-8,10H,3-6,9H2,1-2H3. The molecule has 0 amide bonds. The van der Waals surface area contributed by atoms with Crippen LogP contribution in [0.15, 0.2) is 0 Å². The molecule has 0 fully saturated rings. The summed E-state index contributed by atoms with van der Waals surface area (Å²) >= 11 is 0. The molecular formula is C8H19NO. The van der Waals surface area contributed by atoms with Gasteiger partial charge in [-0.25, -0.2) is 0 Å². The van der Waals surface area contributed by atoms with Crippen molar-refractivity contribution in [2.45, 2.75) is 39.2 Å². The Kier molecular flexibility index (Phi) is 5.64. The van der Waals surface area contributed by atoms with Gasteiger partial charge in [0.2, 0.25) is 0 Å². The Morgan fingerprint density at radius 3 is 2.20 bits per heavy atom. The Morgan fingerprint density at radius 1 is 1.20 bits per heavy atom. The second-order valence-corrected chi connectivity index (χ2v) is 3.24. The van der Waals surface area contributed by atoms with Crippen LogP contribution in [0.25, 0.3) is 0 Å². The summed E-state index contributed by atoms with van der Waals surface area (Å²) in [6, 6.07) is 0.201. The lowest BCUT2D eigenvalue weighted by Crippen LogP contribution is -2.21.